The van der Waals surface area contributed by atoms with E-state index in [2.05, 4.69) is 4.74 Å². The highest BCUT2D eigenvalue weighted by molar-refractivity contribution is 5.92. The van der Waals surface area contributed by atoms with Crippen LogP contribution in [0, 0.1) is 10.1 Å². The van der Waals surface area contributed by atoms with E-state index in [0.717, 1.165) is 25.7 Å². The van der Waals surface area contributed by atoms with Gasteiger partial charge in [0.1, 0.15) is 0 Å². The van der Waals surface area contributed by atoms with Crippen molar-refractivity contribution in [2.24, 2.45) is 0 Å². The van der Waals surface area contributed by atoms with Gasteiger partial charge in [0.15, 0.2) is 0 Å². The van der Waals surface area contributed by atoms with Crippen molar-refractivity contribution < 1.29 is 19.2 Å². The molecule has 1 saturated carbocycles. The van der Waals surface area contributed by atoms with Crippen LogP contribution >= 0.6 is 0 Å². The van der Waals surface area contributed by atoms with Crippen molar-refractivity contribution in [1.82, 2.24) is 4.90 Å². The molecule has 2 rings (SSSR count). The molecule has 0 atom stereocenters. The first-order valence-electron chi connectivity index (χ1n) is 8.31. The summed E-state index contributed by atoms with van der Waals surface area (Å²) in [5, 5.41) is 10.7. The molecule has 1 aromatic rings. The zero-order valence-corrected chi connectivity index (χ0v) is 14.2. The van der Waals surface area contributed by atoms with Crippen molar-refractivity contribution in [3.63, 3.8) is 0 Å². The quantitative estimate of drug-likeness (QED) is 0.328. The Morgan fingerprint density at radius 3 is 2.48 bits per heavy atom. The third kappa shape index (κ3) is 5.41. The highest BCUT2D eigenvalue weighted by Crippen LogP contribution is 2.24. The van der Waals surface area contributed by atoms with E-state index in [9.17, 15) is 19.7 Å². The van der Waals surface area contributed by atoms with E-state index in [-0.39, 0.29) is 30.0 Å². The summed E-state index contributed by atoms with van der Waals surface area (Å²) in [7, 11) is 1.33. The van der Waals surface area contributed by atoms with Crippen LogP contribution in [0.3, 0.4) is 0 Å². The van der Waals surface area contributed by atoms with Gasteiger partial charge in [0.25, 0.3) is 5.69 Å². The van der Waals surface area contributed by atoms with E-state index >= 15 is 0 Å². The Bertz CT molecular complexity index is 648. The number of amides is 1. The molecule has 0 saturated heterocycles. The Balaban J connectivity index is 2.04. The summed E-state index contributed by atoms with van der Waals surface area (Å²) < 4.78 is 4.65. The fourth-order valence-corrected chi connectivity index (χ4v) is 2.97. The fourth-order valence-electron chi connectivity index (χ4n) is 2.97. The molecule has 1 aliphatic carbocycles. The van der Waals surface area contributed by atoms with E-state index < -0.39 is 4.92 Å². The van der Waals surface area contributed by atoms with Gasteiger partial charge < -0.3 is 9.64 Å². The molecule has 7 heteroatoms. The summed E-state index contributed by atoms with van der Waals surface area (Å²) >= 11 is 0. The van der Waals surface area contributed by atoms with Crippen molar-refractivity contribution >= 4 is 23.6 Å². The van der Waals surface area contributed by atoms with E-state index in [1.165, 1.54) is 25.3 Å². The number of hydrogen-bond donors (Lipinski definition) is 0. The van der Waals surface area contributed by atoms with Crippen LogP contribution in [-0.4, -0.2) is 41.4 Å². The highest BCUT2D eigenvalue weighted by atomic mass is 16.6. The molecule has 0 aliphatic heterocycles. The van der Waals surface area contributed by atoms with Crippen molar-refractivity contribution in [3.05, 3.63) is 46.0 Å². The molecule has 25 heavy (non-hydrogen) atoms. The second kappa shape index (κ2) is 8.96. The molecule has 1 fully saturated rings. The number of ether oxygens (including phenoxy) is 1. The largest absolute Gasteiger partial charge is 0.469 e. The van der Waals surface area contributed by atoms with Gasteiger partial charge in [-0.2, -0.15) is 0 Å². The summed E-state index contributed by atoms with van der Waals surface area (Å²) in [6.45, 7) is 0.334. The van der Waals surface area contributed by atoms with Crippen molar-refractivity contribution in [2.75, 3.05) is 13.7 Å². The van der Waals surface area contributed by atoms with Crippen LogP contribution in [0.2, 0.25) is 0 Å². The number of methoxy groups -OCH3 is 1. The highest BCUT2D eigenvalue weighted by Gasteiger charge is 2.25. The van der Waals surface area contributed by atoms with Gasteiger partial charge in [-0.05, 0) is 36.6 Å². The Morgan fingerprint density at radius 1 is 1.28 bits per heavy atom. The van der Waals surface area contributed by atoms with Crippen LogP contribution in [0.15, 0.2) is 30.3 Å². The summed E-state index contributed by atoms with van der Waals surface area (Å²) in [6.07, 6.45) is 7.31. The number of benzene rings is 1. The number of rotatable bonds is 7. The predicted molar refractivity (Wildman–Crippen MR) is 92.7 cm³/mol. The third-order valence-electron chi connectivity index (χ3n) is 4.36. The Kier molecular flexibility index (Phi) is 6.68. The first-order chi connectivity index (χ1) is 12.0. The van der Waals surface area contributed by atoms with Gasteiger partial charge in [-0.3, -0.25) is 19.7 Å². The van der Waals surface area contributed by atoms with E-state index in [0.29, 0.717) is 12.1 Å². The van der Waals surface area contributed by atoms with Gasteiger partial charge in [0, 0.05) is 30.8 Å². The summed E-state index contributed by atoms with van der Waals surface area (Å²) in [6, 6.07) is 6.14. The Morgan fingerprint density at radius 2 is 1.92 bits per heavy atom. The number of carbonyl (C=O) groups excluding carboxylic acids is 2. The maximum atomic E-state index is 12.6. The molecular formula is C18H22N2O5. The Hall–Kier alpha value is -2.70. The van der Waals surface area contributed by atoms with Gasteiger partial charge >= 0.3 is 5.97 Å². The normalized spacial score (nSPS) is 14.6. The van der Waals surface area contributed by atoms with Crippen LogP contribution in [0.25, 0.3) is 6.08 Å². The molecule has 0 aromatic heterocycles. The molecular weight excluding hydrogens is 324 g/mol. The minimum atomic E-state index is -0.465. The lowest BCUT2D eigenvalue weighted by Crippen LogP contribution is -2.39. The van der Waals surface area contributed by atoms with Crippen molar-refractivity contribution in [2.45, 2.75) is 38.1 Å². The maximum Gasteiger partial charge on any atom is 0.307 e. The number of nitro groups is 1. The number of hydrogen-bond acceptors (Lipinski definition) is 5. The molecule has 0 N–H and O–H groups in total. The molecule has 0 spiro atoms. The number of nitrogens with zero attached hydrogens (tertiary/aromatic N) is 2. The van der Waals surface area contributed by atoms with Gasteiger partial charge in [0.2, 0.25) is 5.91 Å². The molecule has 134 valence electrons. The molecule has 0 bridgehead atoms. The third-order valence-corrected chi connectivity index (χ3v) is 4.36. The average molecular weight is 346 g/mol. The second-order valence-electron chi connectivity index (χ2n) is 5.98. The zero-order chi connectivity index (χ0) is 18.2. The van der Waals surface area contributed by atoms with Crippen LogP contribution in [-0.2, 0) is 14.3 Å². The Labute approximate surface area is 146 Å². The van der Waals surface area contributed by atoms with E-state index in [1.54, 1.807) is 23.1 Å². The number of nitro benzene ring substituents is 1. The minimum Gasteiger partial charge on any atom is -0.469 e. The van der Waals surface area contributed by atoms with E-state index in [1.807, 2.05) is 0 Å². The zero-order valence-electron chi connectivity index (χ0n) is 14.2. The standard InChI is InChI=1S/C18H22N2O5/c1-25-18(22)12-13-19(15-4-2-3-5-15)17(21)11-8-14-6-9-16(10-7-14)20(23)24/h6-11,15H,2-5,12-13H2,1H3/b11-8+. The lowest BCUT2D eigenvalue weighted by Gasteiger charge is -2.27. The van der Waals surface area contributed by atoms with Crippen LogP contribution < -0.4 is 0 Å². The van der Waals surface area contributed by atoms with Crippen LogP contribution in [0.4, 0.5) is 5.69 Å². The average Bonchev–Trinajstić information content (AvgIpc) is 3.14. The summed E-state index contributed by atoms with van der Waals surface area (Å²) in [4.78, 5) is 35.9. The first kappa shape index (κ1) is 18.6. The van der Waals surface area contributed by atoms with Crippen LogP contribution in [0.1, 0.15) is 37.7 Å². The predicted octanol–water partition coefficient (Wildman–Crippen LogP) is 2.94. The topological polar surface area (TPSA) is 89.8 Å². The first-order valence-corrected chi connectivity index (χ1v) is 8.31. The van der Waals surface area contributed by atoms with Gasteiger partial charge in [-0.15, -0.1) is 0 Å². The maximum absolute atomic E-state index is 12.6. The van der Waals surface area contributed by atoms with E-state index in [4.69, 9.17) is 0 Å². The molecule has 7 nitrogen and oxygen atoms in total. The fraction of sp³-hybridized carbons (Fsp3) is 0.444. The van der Waals surface area contributed by atoms with Crippen LogP contribution in [0.5, 0.6) is 0 Å². The van der Waals surface area contributed by atoms with Crippen molar-refractivity contribution in [3.8, 4) is 0 Å². The monoisotopic (exact) mass is 346 g/mol. The number of non-ortho nitro benzene ring substituents is 1. The lowest BCUT2D eigenvalue weighted by atomic mass is 10.1. The molecule has 1 aliphatic rings. The molecule has 0 heterocycles. The van der Waals surface area contributed by atoms with Gasteiger partial charge in [0.05, 0.1) is 18.5 Å². The second-order valence-corrected chi connectivity index (χ2v) is 5.98. The lowest BCUT2D eigenvalue weighted by molar-refractivity contribution is -0.384. The minimum absolute atomic E-state index is 0.00846. The molecule has 0 unspecified atom stereocenters. The van der Waals surface area contributed by atoms with Gasteiger partial charge in [-0.1, -0.05) is 12.8 Å². The molecule has 1 aromatic carbocycles. The smallest absolute Gasteiger partial charge is 0.307 e. The molecule has 1 amide bonds. The summed E-state index contributed by atoms with van der Waals surface area (Å²) in [5.41, 5.74) is 0.715. The molecule has 0 radical (unpaired) electrons. The van der Waals surface area contributed by atoms with Crippen molar-refractivity contribution in [1.29, 1.82) is 0 Å². The van der Waals surface area contributed by atoms with Gasteiger partial charge in [-0.25, -0.2) is 0 Å². The SMILES string of the molecule is COC(=O)CCN(C(=O)/C=C/c1ccc([N+](=O)[O-])cc1)C1CCCC1. The number of carbonyl (C=O) groups is 2. The summed E-state index contributed by atoms with van der Waals surface area (Å²) in [5.74, 6) is -0.496. The number of esters is 1.